The summed E-state index contributed by atoms with van der Waals surface area (Å²) in [6.45, 7) is 0.646. The van der Waals surface area contributed by atoms with Crippen molar-refractivity contribution in [2.24, 2.45) is 5.92 Å². The van der Waals surface area contributed by atoms with Crippen LogP contribution in [-0.2, 0) is 24.1 Å². The zero-order valence-electron chi connectivity index (χ0n) is 14.8. The standard InChI is InChI=1S/C21H20ClN3OS/c22-17-6-3-14(4-7-17)9-11-24-20(26)15-5-8-18-19(12-15)27-21(25-18)16-2-1-10-23-13-16/h1-4,6-7,10,13,15H,5,8-9,11-12H2,(H,24,26). The number of amides is 1. The molecule has 0 radical (unpaired) electrons. The average molecular weight is 398 g/mol. The molecule has 4 rings (SSSR count). The molecule has 0 bridgehead atoms. The topological polar surface area (TPSA) is 54.9 Å². The molecule has 0 saturated heterocycles. The van der Waals surface area contributed by atoms with Gasteiger partial charge in [0.05, 0.1) is 5.69 Å². The smallest absolute Gasteiger partial charge is 0.223 e. The molecule has 2 aromatic heterocycles. The molecule has 1 aliphatic rings. The van der Waals surface area contributed by atoms with Gasteiger partial charge in [-0.25, -0.2) is 4.98 Å². The van der Waals surface area contributed by atoms with Crippen LogP contribution in [-0.4, -0.2) is 22.4 Å². The van der Waals surface area contributed by atoms with Gasteiger partial charge >= 0.3 is 0 Å². The van der Waals surface area contributed by atoms with Crippen LogP contribution in [0.3, 0.4) is 0 Å². The first-order valence-electron chi connectivity index (χ1n) is 9.10. The molecule has 27 heavy (non-hydrogen) atoms. The number of halogens is 1. The fourth-order valence-electron chi connectivity index (χ4n) is 3.34. The van der Waals surface area contributed by atoms with Crippen molar-refractivity contribution in [3.63, 3.8) is 0 Å². The van der Waals surface area contributed by atoms with Gasteiger partial charge in [0.15, 0.2) is 0 Å². The average Bonchev–Trinajstić information content (AvgIpc) is 3.13. The molecule has 1 N–H and O–H groups in total. The number of carbonyl (C=O) groups excluding carboxylic acids is 1. The van der Waals surface area contributed by atoms with Crippen LogP contribution in [0.5, 0.6) is 0 Å². The second-order valence-corrected chi connectivity index (χ2v) is 8.26. The number of hydrogen-bond donors (Lipinski definition) is 1. The number of rotatable bonds is 5. The Labute approximate surface area is 167 Å². The number of carbonyl (C=O) groups is 1. The zero-order chi connectivity index (χ0) is 18.6. The summed E-state index contributed by atoms with van der Waals surface area (Å²) in [5, 5.41) is 4.82. The number of aryl methyl sites for hydroxylation is 1. The van der Waals surface area contributed by atoms with Crippen LogP contribution >= 0.6 is 22.9 Å². The summed E-state index contributed by atoms with van der Waals surface area (Å²) >= 11 is 7.59. The molecule has 1 aliphatic carbocycles. The van der Waals surface area contributed by atoms with Crippen molar-refractivity contribution in [1.82, 2.24) is 15.3 Å². The van der Waals surface area contributed by atoms with Gasteiger partial charge in [-0.3, -0.25) is 9.78 Å². The Hall–Kier alpha value is -2.24. The maximum atomic E-state index is 12.6. The number of nitrogens with zero attached hydrogens (tertiary/aromatic N) is 2. The Morgan fingerprint density at radius 3 is 2.89 bits per heavy atom. The van der Waals surface area contributed by atoms with Gasteiger partial charge in [0.2, 0.25) is 5.91 Å². The molecule has 4 nitrogen and oxygen atoms in total. The molecule has 1 amide bonds. The van der Waals surface area contributed by atoms with Crippen molar-refractivity contribution in [3.8, 4) is 10.6 Å². The zero-order valence-corrected chi connectivity index (χ0v) is 16.4. The molecule has 1 unspecified atom stereocenters. The van der Waals surface area contributed by atoms with Gasteiger partial charge in [0, 0.05) is 40.3 Å². The van der Waals surface area contributed by atoms with Crippen molar-refractivity contribution < 1.29 is 4.79 Å². The second-order valence-electron chi connectivity index (χ2n) is 6.74. The van der Waals surface area contributed by atoms with E-state index < -0.39 is 0 Å². The molecule has 1 aromatic carbocycles. The molecule has 3 aromatic rings. The van der Waals surface area contributed by atoms with Crippen LogP contribution in [0, 0.1) is 5.92 Å². The fourth-order valence-corrected chi connectivity index (χ4v) is 4.64. The minimum atomic E-state index is 0.0323. The lowest BCUT2D eigenvalue weighted by atomic mass is 9.90. The van der Waals surface area contributed by atoms with Crippen LogP contribution in [0.4, 0.5) is 0 Å². The number of nitrogens with one attached hydrogen (secondary N) is 1. The first-order valence-corrected chi connectivity index (χ1v) is 10.3. The van der Waals surface area contributed by atoms with E-state index in [0.29, 0.717) is 6.54 Å². The van der Waals surface area contributed by atoms with E-state index in [1.54, 1.807) is 17.5 Å². The fraction of sp³-hybridized carbons (Fsp3) is 0.286. The lowest BCUT2D eigenvalue weighted by molar-refractivity contribution is -0.125. The predicted octanol–water partition coefficient (Wildman–Crippen LogP) is 4.32. The van der Waals surface area contributed by atoms with E-state index >= 15 is 0 Å². The quantitative estimate of drug-likeness (QED) is 0.697. The summed E-state index contributed by atoms with van der Waals surface area (Å²) in [7, 11) is 0. The maximum Gasteiger partial charge on any atom is 0.223 e. The van der Waals surface area contributed by atoms with Gasteiger partial charge in [-0.15, -0.1) is 11.3 Å². The van der Waals surface area contributed by atoms with Crippen LogP contribution < -0.4 is 5.32 Å². The Balaban J connectivity index is 1.34. The Morgan fingerprint density at radius 2 is 2.11 bits per heavy atom. The summed E-state index contributed by atoms with van der Waals surface area (Å²) in [5.41, 5.74) is 3.36. The second kappa shape index (κ2) is 8.19. The third kappa shape index (κ3) is 4.37. The van der Waals surface area contributed by atoms with Gasteiger partial charge in [0.1, 0.15) is 5.01 Å². The molecular weight excluding hydrogens is 378 g/mol. The summed E-state index contributed by atoms with van der Waals surface area (Å²) in [4.78, 5) is 22.7. The summed E-state index contributed by atoms with van der Waals surface area (Å²) in [6, 6.07) is 11.7. The third-order valence-electron chi connectivity index (χ3n) is 4.85. The van der Waals surface area contributed by atoms with Gasteiger partial charge in [-0.2, -0.15) is 0 Å². The minimum Gasteiger partial charge on any atom is -0.356 e. The van der Waals surface area contributed by atoms with E-state index in [4.69, 9.17) is 16.6 Å². The molecule has 1 atom stereocenters. The molecule has 0 spiro atoms. The van der Waals surface area contributed by atoms with Crippen molar-refractivity contribution in [3.05, 3.63) is 69.9 Å². The summed E-state index contributed by atoms with van der Waals surface area (Å²) in [5.74, 6) is 0.177. The van der Waals surface area contributed by atoms with Crippen LogP contribution in [0.1, 0.15) is 22.6 Å². The van der Waals surface area contributed by atoms with Gasteiger partial charge in [0.25, 0.3) is 0 Å². The highest BCUT2D eigenvalue weighted by Gasteiger charge is 2.27. The van der Waals surface area contributed by atoms with Gasteiger partial charge < -0.3 is 5.32 Å². The SMILES string of the molecule is O=C(NCCc1ccc(Cl)cc1)C1CCc2nc(-c3cccnc3)sc2C1. The molecule has 0 aliphatic heterocycles. The predicted molar refractivity (Wildman–Crippen MR) is 109 cm³/mol. The van der Waals surface area contributed by atoms with Gasteiger partial charge in [-0.05, 0) is 55.5 Å². The lowest BCUT2D eigenvalue weighted by Gasteiger charge is -2.20. The van der Waals surface area contributed by atoms with Crippen LogP contribution in [0.2, 0.25) is 5.02 Å². The molecule has 6 heteroatoms. The highest BCUT2D eigenvalue weighted by Crippen LogP contribution is 2.34. The first kappa shape index (κ1) is 18.1. The molecule has 2 heterocycles. The highest BCUT2D eigenvalue weighted by atomic mass is 35.5. The van der Waals surface area contributed by atoms with E-state index in [1.165, 1.54) is 10.4 Å². The summed E-state index contributed by atoms with van der Waals surface area (Å²) in [6.07, 6.45) is 6.91. The number of thiazole rings is 1. The number of hydrogen-bond acceptors (Lipinski definition) is 4. The van der Waals surface area contributed by atoms with Crippen LogP contribution in [0.15, 0.2) is 48.8 Å². The van der Waals surface area contributed by atoms with Gasteiger partial charge in [-0.1, -0.05) is 23.7 Å². The van der Waals surface area contributed by atoms with Crippen LogP contribution in [0.25, 0.3) is 10.6 Å². The first-order chi connectivity index (χ1) is 13.2. The Kier molecular flexibility index (Phi) is 5.50. The van der Waals surface area contributed by atoms with Crippen molar-refractivity contribution >= 4 is 28.8 Å². The normalized spacial score (nSPS) is 16.0. The number of aromatic nitrogens is 2. The van der Waals surface area contributed by atoms with E-state index in [-0.39, 0.29) is 11.8 Å². The van der Waals surface area contributed by atoms with E-state index in [2.05, 4.69) is 10.3 Å². The lowest BCUT2D eigenvalue weighted by Crippen LogP contribution is -2.35. The molecule has 0 fully saturated rings. The molecule has 138 valence electrons. The van der Waals surface area contributed by atoms with Crippen molar-refractivity contribution in [2.75, 3.05) is 6.54 Å². The van der Waals surface area contributed by atoms with E-state index in [0.717, 1.165) is 47.0 Å². The monoisotopic (exact) mass is 397 g/mol. The number of fused-ring (bicyclic) bond motifs is 1. The van der Waals surface area contributed by atoms with E-state index in [9.17, 15) is 4.79 Å². The highest BCUT2D eigenvalue weighted by molar-refractivity contribution is 7.15. The number of pyridine rings is 1. The maximum absolute atomic E-state index is 12.6. The van der Waals surface area contributed by atoms with E-state index in [1.807, 2.05) is 42.6 Å². The summed E-state index contributed by atoms with van der Waals surface area (Å²) < 4.78 is 0. The number of benzene rings is 1. The largest absolute Gasteiger partial charge is 0.356 e. The Bertz CT molecular complexity index is 924. The van der Waals surface area contributed by atoms with Crippen molar-refractivity contribution in [2.45, 2.75) is 25.7 Å². The third-order valence-corrected chi connectivity index (χ3v) is 6.27. The molecular formula is C21H20ClN3OS. The molecule has 0 saturated carbocycles. The minimum absolute atomic E-state index is 0.0323. The van der Waals surface area contributed by atoms with Crippen molar-refractivity contribution in [1.29, 1.82) is 0 Å². The Morgan fingerprint density at radius 1 is 1.26 bits per heavy atom.